The van der Waals surface area contributed by atoms with Crippen molar-refractivity contribution in [3.8, 4) is 5.69 Å². The van der Waals surface area contributed by atoms with Crippen LogP contribution in [0.4, 0.5) is 10.6 Å². The van der Waals surface area contributed by atoms with Crippen LogP contribution in [0.15, 0.2) is 54.6 Å². The summed E-state index contributed by atoms with van der Waals surface area (Å²) in [5.41, 5.74) is 3.41. The Morgan fingerprint density at radius 2 is 1.78 bits per heavy atom. The largest absolute Gasteiger partial charge is 0.325 e. The van der Waals surface area contributed by atoms with Gasteiger partial charge in [-0.05, 0) is 55.0 Å². The summed E-state index contributed by atoms with van der Waals surface area (Å²) in [6, 6.07) is 16.7. The molecule has 2 aromatic carbocycles. The standard InChI is InChI=1S/C28H31N5O3/c1-27(2,3)22-16-23(33(31-22)21-11-6-5-7-12-21)29-24(34)17-32-25(35)28(4,30-26(32)36)20-14-13-18-9-8-10-19(18)15-20/h5-7,11-16H,8-10,17H2,1-4H3,(H,29,34)(H,30,36)/t28-/m0/s1. The molecule has 0 bridgehead atoms. The van der Waals surface area contributed by atoms with E-state index in [2.05, 4.69) is 10.6 Å². The van der Waals surface area contributed by atoms with E-state index in [0.717, 1.165) is 41.1 Å². The Hall–Kier alpha value is -3.94. The molecular formula is C28H31N5O3. The minimum Gasteiger partial charge on any atom is -0.319 e. The van der Waals surface area contributed by atoms with Crippen LogP contribution in [0.1, 0.15) is 56.5 Å². The Bertz CT molecular complexity index is 1360. The molecule has 0 saturated carbocycles. The monoisotopic (exact) mass is 485 g/mol. The number of hydrogen-bond acceptors (Lipinski definition) is 4. The highest BCUT2D eigenvalue weighted by Crippen LogP contribution is 2.33. The molecule has 2 heterocycles. The Morgan fingerprint density at radius 1 is 1.06 bits per heavy atom. The predicted octanol–water partition coefficient (Wildman–Crippen LogP) is 4.06. The average molecular weight is 486 g/mol. The zero-order chi connectivity index (χ0) is 25.7. The number of carbonyl (C=O) groups is 3. The van der Waals surface area contributed by atoms with Crippen LogP contribution in [-0.2, 0) is 33.4 Å². The number of benzene rings is 2. The second kappa shape index (κ2) is 8.62. The molecule has 2 aliphatic rings. The number of carbonyl (C=O) groups excluding carboxylic acids is 3. The van der Waals surface area contributed by atoms with Crippen molar-refractivity contribution in [1.29, 1.82) is 0 Å². The number of nitrogens with one attached hydrogen (secondary N) is 2. The third-order valence-corrected chi connectivity index (χ3v) is 7.00. The molecule has 0 radical (unpaired) electrons. The van der Waals surface area contributed by atoms with Crippen LogP contribution in [0.5, 0.6) is 0 Å². The van der Waals surface area contributed by atoms with Crippen molar-refractivity contribution in [2.45, 2.75) is 57.9 Å². The van der Waals surface area contributed by atoms with Crippen LogP contribution in [0.2, 0.25) is 0 Å². The molecule has 8 heteroatoms. The summed E-state index contributed by atoms with van der Waals surface area (Å²) < 4.78 is 1.67. The van der Waals surface area contributed by atoms with Gasteiger partial charge in [0.2, 0.25) is 5.91 Å². The maximum atomic E-state index is 13.4. The Morgan fingerprint density at radius 3 is 2.50 bits per heavy atom. The quantitative estimate of drug-likeness (QED) is 0.533. The molecular weight excluding hydrogens is 454 g/mol. The second-order valence-electron chi connectivity index (χ2n) is 10.7. The number of rotatable bonds is 5. The maximum absolute atomic E-state index is 13.4. The van der Waals surface area contributed by atoms with Gasteiger partial charge in [0.25, 0.3) is 5.91 Å². The van der Waals surface area contributed by atoms with Crippen molar-refractivity contribution in [2.75, 3.05) is 11.9 Å². The molecule has 1 aliphatic carbocycles. The summed E-state index contributed by atoms with van der Waals surface area (Å²) in [5.74, 6) is -0.439. The predicted molar refractivity (Wildman–Crippen MR) is 137 cm³/mol. The SMILES string of the molecule is CC(C)(C)c1cc(NC(=O)CN2C(=O)N[C@@](C)(c3ccc4c(c3)CCC4)C2=O)n(-c2ccccc2)n1. The lowest BCUT2D eigenvalue weighted by molar-refractivity contribution is -0.133. The molecule has 3 aromatic rings. The van der Waals surface area contributed by atoms with Gasteiger partial charge in [-0.2, -0.15) is 5.10 Å². The fourth-order valence-electron chi connectivity index (χ4n) is 4.85. The Kier molecular flexibility index (Phi) is 5.70. The lowest BCUT2D eigenvalue weighted by atomic mass is 9.89. The van der Waals surface area contributed by atoms with Gasteiger partial charge < -0.3 is 10.6 Å². The number of imide groups is 1. The molecule has 36 heavy (non-hydrogen) atoms. The molecule has 5 rings (SSSR count). The lowest BCUT2D eigenvalue weighted by Crippen LogP contribution is -2.42. The summed E-state index contributed by atoms with van der Waals surface area (Å²) in [5, 5.41) is 10.4. The van der Waals surface area contributed by atoms with Crippen molar-refractivity contribution in [3.63, 3.8) is 0 Å². The molecule has 0 unspecified atom stereocenters. The molecule has 186 valence electrons. The zero-order valence-electron chi connectivity index (χ0n) is 21.1. The minimum absolute atomic E-state index is 0.234. The van der Waals surface area contributed by atoms with E-state index in [-0.39, 0.29) is 5.41 Å². The highest BCUT2D eigenvalue weighted by molar-refractivity contribution is 6.10. The van der Waals surface area contributed by atoms with Gasteiger partial charge in [-0.15, -0.1) is 0 Å². The topological polar surface area (TPSA) is 96.3 Å². The van der Waals surface area contributed by atoms with E-state index in [1.807, 2.05) is 75.4 Å². The van der Waals surface area contributed by atoms with Crippen molar-refractivity contribution in [3.05, 3.63) is 77.0 Å². The summed E-state index contributed by atoms with van der Waals surface area (Å²) >= 11 is 0. The number of anilines is 1. The van der Waals surface area contributed by atoms with Gasteiger partial charge in [-0.25, -0.2) is 9.48 Å². The second-order valence-corrected chi connectivity index (χ2v) is 10.7. The highest BCUT2D eigenvalue weighted by atomic mass is 16.2. The number of hydrogen-bond donors (Lipinski definition) is 2. The van der Waals surface area contributed by atoms with E-state index in [0.29, 0.717) is 5.82 Å². The van der Waals surface area contributed by atoms with Crippen LogP contribution < -0.4 is 10.6 Å². The van der Waals surface area contributed by atoms with Crippen LogP contribution in [-0.4, -0.2) is 39.1 Å². The van der Waals surface area contributed by atoms with Gasteiger partial charge in [-0.1, -0.05) is 57.2 Å². The number of para-hydroxylation sites is 1. The number of aryl methyl sites for hydroxylation is 2. The number of fused-ring (bicyclic) bond motifs is 1. The number of urea groups is 1. The van der Waals surface area contributed by atoms with E-state index in [1.165, 1.54) is 11.1 Å². The number of aromatic nitrogens is 2. The minimum atomic E-state index is -1.21. The van der Waals surface area contributed by atoms with Crippen LogP contribution in [0.3, 0.4) is 0 Å². The van der Waals surface area contributed by atoms with Gasteiger partial charge in [-0.3, -0.25) is 14.5 Å². The van der Waals surface area contributed by atoms with E-state index in [9.17, 15) is 14.4 Å². The average Bonchev–Trinajstić information content (AvgIpc) is 3.53. The zero-order valence-corrected chi connectivity index (χ0v) is 21.1. The van der Waals surface area contributed by atoms with E-state index in [4.69, 9.17) is 5.10 Å². The van der Waals surface area contributed by atoms with E-state index >= 15 is 0 Å². The summed E-state index contributed by atoms with van der Waals surface area (Å²) in [4.78, 5) is 40.3. The van der Waals surface area contributed by atoms with Gasteiger partial charge in [0.15, 0.2) is 0 Å². The highest BCUT2D eigenvalue weighted by Gasteiger charge is 2.49. The molecule has 1 fully saturated rings. The molecule has 0 spiro atoms. The Balaban J connectivity index is 1.37. The van der Waals surface area contributed by atoms with Crippen LogP contribution in [0.25, 0.3) is 5.69 Å². The normalized spacial score (nSPS) is 19.4. The van der Waals surface area contributed by atoms with Gasteiger partial charge >= 0.3 is 6.03 Å². The van der Waals surface area contributed by atoms with Crippen molar-refractivity contribution < 1.29 is 14.4 Å². The molecule has 8 nitrogen and oxygen atoms in total. The van der Waals surface area contributed by atoms with Gasteiger partial charge in [0.1, 0.15) is 17.9 Å². The van der Waals surface area contributed by atoms with Crippen molar-refractivity contribution in [1.82, 2.24) is 20.0 Å². The van der Waals surface area contributed by atoms with Crippen LogP contribution >= 0.6 is 0 Å². The lowest BCUT2D eigenvalue weighted by Gasteiger charge is -2.23. The molecule has 1 saturated heterocycles. The van der Waals surface area contributed by atoms with Crippen molar-refractivity contribution >= 4 is 23.7 Å². The van der Waals surface area contributed by atoms with Gasteiger partial charge in [0, 0.05) is 11.5 Å². The third-order valence-electron chi connectivity index (χ3n) is 7.00. The summed E-state index contributed by atoms with van der Waals surface area (Å²) in [7, 11) is 0. The first-order valence-electron chi connectivity index (χ1n) is 12.3. The molecule has 1 aliphatic heterocycles. The third kappa shape index (κ3) is 4.17. The Labute approximate surface area is 210 Å². The van der Waals surface area contributed by atoms with Crippen molar-refractivity contribution in [2.24, 2.45) is 0 Å². The van der Waals surface area contributed by atoms with E-state index < -0.39 is 29.9 Å². The number of amides is 4. The smallest absolute Gasteiger partial charge is 0.319 e. The summed E-state index contributed by atoms with van der Waals surface area (Å²) in [6.07, 6.45) is 3.10. The first kappa shape index (κ1) is 23.8. The maximum Gasteiger partial charge on any atom is 0.325 e. The first-order valence-corrected chi connectivity index (χ1v) is 12.3. The molecule has 2 N–H and O–H groups in total. The van der Waals surface area contributed by atoms with Crippen LogP contribution in [0, 0.1) is 0 Å². The first-order chi connectivity index (χ1) is 17.1. The molecule has 1 aromatic heterocycles. The molecule has 1 atom stereocenters. The summed E-state index contributed by atoms with van der Waals surface area (Å²) in [6.45, 7) is 7.44. The van der Waals surface area contributed by atoms with Gasteiger partial charge in [0.05, 0.1) is 11.4 Å². The fourth-order valence-corrected chi connectivity index (χ4v) is 4.85. The number of nitrogens with zero attached hydrogens (tertiary/aromatic N) is 3. The molecule has 4 amide bonds. The fraction of sp³-hybridized carbons (Fsp3) is 0.357. The van der Waals surface area contributed by atoms with E-state index in [1.54, 1.807) is 11.6 Å².